The van der Waals surface area contributed by atoms with Crippen LogP contribution in [0.15, 0.2) is 41.9 Å². The predicted molar refractivity (Wildman–Crippen MR) is 116 cm³/mol. The number of nitrogens with zero attached hydrogens (tertiary/aromatic N) is 4. The van der Waals surface area contributed by atoms with Crippen molar-refractivity contribution in [3.8, 4) is 5.75 Å². The minimum atomic E-state index is -4.79. The molecule has 1 saturated heterocycles. The Balaban J connectivity index is 1.28. The number of nitrogens with one attached hydrogen (secondary N) is 1. The molecule has 4 rings (SSSR count). The molecule has 7 nitrogen and oxygen atoms in total. The maximum Gasteiger partial charge on any atom is 0.573 e. The molecule has 1 N–H and O–H groups in total. The second kappa shape index (κ2) is 9.84. The molecule has 1 fully saturated rings. The van der Waals surface area contributed by atoms with Crippen molar-refractivity contribution in [2.45, 2.75) is 19.5 Å². The van der Waals surface area contributed by atoms with Gasteiger partial charge in [0, 0.05) is 49.7 Å². The molecule has 3 heterocycles. The van der Waals surface area contributed by atoms with E-state index in [-0.39, 0.29) is 23.8 Å². The molecule has 12 heteroatoms. The molecule has 0 bridgehead atoms. The molecule has 0 spiro atoms. The van der Waals surface area contributed by atoms with Gasteiger partial charge in [-0.25, -0.2) is 0 Å². The molecular formula is C20H20F3N5O2S2. The van der Waals surface area contributed by atoms with Crippen LogP contribution in [-0.2, 0) is 13.1 Å². The van der Waals surface area contributed by atoms with Crippen LogP contribution in [0.25, 0.3) is 0 Å². The Kier molecular flexibility index (Phi) is 6.92. The van der Waals surface area contributed by atoms with Crippen LogP contribution in [0.4, 0.5) is 18.3 Å². The summed E-state index contributed by atoms with van der Waals surface area (Å²) < 4.78 is 41.7. The highest BCUT2D eigenvalue weighted by Gasteiger charge is 2.32. The third kappa shape index (κ3) is 5.96. The number of rotatable bonds is 7. The monoisotopic (exact) mass is 483 g/mol. The number of carbonyl (C=O) groups excluding carboxylic acids is 1. The average Bonchev–Trinajstić information content (AvgIpc) is 3.45. The number of carbonyl (C=O) groups is 1. The first-order chi connectivity index (χ1) is 15.4. The van der Waals surface area contributed by atoms with Gasteiger partial charge in [-0.15, -0.1) is 34.7 Å². The Morgan fingerprint density at radius 1 is 1.12 bits per heavy atom. The van der Waals surface area contributed by atoms with E-state index in [1.165, 1.54) is 40.9 Å². The molecule has 0 atom stereocenters. The third-order valence-electron chi connectivity index (χ3n) is 4.89. The standard InChI is InChI=1S/C20H20F3N5O2S2/c21-20(22,23)30-16-4-2-1-3-14(16)11-24-18(29)17-6-5-15(32-17)12-27-7-9-28(10-8-27)19-26-25-13-31-19/h1-6,13H,7-12H2,(H,24,29). The molecule has 3 aromatic rings. The fourth-order valence-corrected chi connectivity index (χ4v) is 4.93. The van der Waals surface area contributed by atoms with Crippen LogP contribution in [0.2, 0.25) is 0 Å². The number of aromatic nitrogens is 2. The average molecular weight is 484 g/mol. The van der Waals surface area contributed by atoms with Gasteiger partial charge in [0.25, 0.3) is 5.91 Å². The number of thiophene rings is 1. The summed E-state index contributed by atoms with van der Waals surface area (Å²) in [6, 6.07) is 9.41. The summed E-state index contributed by atoms with van der Waals surface area (Å²) >= 11 is 2.91. The predicted octanol–water partition coefficient (Wildman–Crippen LogP) is 3.75. The van der Waals surface area contributed by atoms with Crippen LogP contribution in [0.1, 0.15) is 20.1 Å². The number of anilines is 1. The van der Waals surface area contributed by atoms with Crippen molar-refractivity contribution >= 4 is 33.7 Å². The van der Waals surface area contributed by atoms with E-state index in [0.29, 0.717) is 4.88 Å². The lowest BCUT2D eigenvalue weighted by Crippen LogP contribution is -2.45. The van der Waals surface area contributed by atoms with Crippen LogP contribution in [0.5, 0.6) is 5.75 Å². The number of hydrogen-bond donors (Lipinski definition) is 1. The van der Waals surface area contributed by atoms with Gasteiger partial charge in [-0.1, -0.05) is 29.5 Å². The Labute approximate surface area is 190 Å². The van der Waals surface area contributed by atoms with Crippen LogP contribution in [-0.4, -0.2) is 53.5 Å². The Bertz CT molecular complexity index is 1030. The van der Waals surface area contributed by atoms with Gasteiger partial charge in [0.2, 0.25) is 5.13 Å². The molecule has 0 unspecified atom stereocenters. The number of para-hydroxylation sites is 1. The highest BCUT2D eigenvalue weighted by atomic mass is 32.1. The Morgan fingerprint density at radius 2 is 1.91 bits per heavy atom. The molecule has 1 aliphatic heterocycles. The van der Waals surface area contributed by atoms with E-state index in [9.17, 15) is 18.0 Å². The fourth-order valence-electron chi connectivity index (χ4n) is 3.34. The van der Waals surface area contributed by atoms with Gasteiger partial charge >= 0.3 is 6.36 Å². The number of piperazine rings is 1. The summed E-state index contributed by atoms with van der Waals surface area (Å²) in [6.07, 6.45) is -4.79. The minimum absolute atomic E-state index is 0.0636. The highest BCUT2D eigenvalue weighted by molar-refractivity contribution is 7.14. The van der Waals surface area contributed by atoms with Crippen molar-refractivity contribution in [1.29, 1.82) is 0 Å². The molecule has 0 radical (unpaired) electrons. The number of alkyl halides is 3. The maximum atomic E-state index is 12.6. The Morgan fingerprint density at radius 3 is 2.62 bits per heavy atom. The van der Waals surface area contributed by atoms with Gasteiger partial charge in [-0.05, 0) is 18.2 Å². The van der Waals surface area contributed by atoms with Crippen LogP contribution in [0, 0.1) is 0 Å². The molecular weight excluding hydrogens is 463 g/mol. The molecule has 0 aliphatic carbocycles. The molecule has 0 saturated carbocycles. The van der Waals surface area contributed by atoms with E-state index in [4.69, 9.17) is 0 Å². The van der Waals surface area contributed by atoms with Crippen LogP contribution >= 0.6 is 22.7 Å². The molecule has 1 aromatic carbocycles. The van der Waals surface area contributed by atoms with Crippen LogP contribution in [0.3, 0.4) is 0 Å². The first-order valence-electron chi connectivity index (χ1n) is 9.81. The minimum Gasteiger partial charge on any atom is -0.405 e. The first kappa shape index (κ1) is 22.5. The number of benzene rings is 1. The number of halogens is 3. The zero-order valence-electron chi connectivity index (χ0n) is 16.8. The van der Waals surface area contributed by atoms with Gasteiger partial charge < -0.3 is 15.0 Å². The normalized spacial score (nSPS) is 15.0. The summed E-state index contributed by atoms with van der Waals surface area (Å²) in [5.41, 5.74) is 1.98. The van der Waals surface area contributed by atoms with Gasteiger partial charge in [0.15, 0.2) is 0 Å². The lowest BCUT2D eigenvalue weighted by Gasteiger charge is -2.33. The highest BCUT2D eigenvalue weighted by Crippen LogP contribution is 2.26. The van der Waals surface area contributed by atoms with Gasteiger partial charge in [0.1, 0.15) is 11.3 Å². The summed E-state index contributed by atoms with van der Waals surface area (Å²) in [6.45, 7) is 4.18. The van der Waals surface area contributed by atoms with E-state index in [1.54, 1.807) is 17.6 Å². The van der Waals surface area contributed by atoms with E-state index in [0.717, 1.165) is 42.7 Å². The van der Waals surface area contributed by atoms with Gasteiger partial charge in [-0.3, -0.25) is 9.69 Å². The zero-order valence-corrected chi connectivity index (χ0v) is 18.5. The first-order valence-corrected chi connectivity index (χ1v) is 11.5. The summed E-state index contributed by atoms with van der Waals surface area (Å²) in [5.74, 6) is -0.649. The Hall–Kier alpha value is -2.70. The lowest BCUT2D eigenvalue weighted by atomic mass is 10.2. The van der Waals surface area contributed by atoms with E-state index >= 15 is 0 Å². The van der Waals surface area contributed by atoms with Crippen molar-refractivity contribution in [2.75, 3.05) is 31.1 Å². The SMILES string of the molecule is O=C(NCc1ccccc1OC(F)(F)F)c1ccc(CN2CCN(c3nncs3)CC2)s1. The van der Waals surface area contributed by atoms with Crippen molar-refractivity contribution in [3.63, 3.8) is 0 Å². The number of ether oxygens (including phenoxy) is 1. The van der Waals surface area contributed by atoms with Gasteiger partial charge in [0.05, 0.1) is 4.88 Å². The van der Waals surface area contributed by atoms with E-state index in [2.05, 4.69) is 30.1 Å². The van der Waals surface area contributed by atoms with Crippen LogP contribution < -0.4 is 15.0 Å². The summed E-state index contributed by atoms with van der Waals surface area (Å²) in [7, 11) is 0. The largest absolute Gasteiger partial charge is 0.573 e. The zero-order chi connectivity index (χ0) is 22.6. The number of amides is 1. The fraction of sp³-hybridized carbons (Fsp3) is 0.350. The van der Waals surface area contributed by atoms with E-state index in [1.807, 2.05) is 6.07 Å². The quantitative estimate of drug-likeness (QED) is 0.552. The second-order valence-electron chi connectivity index (χ2n) is 7.09. The smallest absolute Gasteiger partial charge is 0.405 e. The lowest BCUT2D eigenvalue weighted by molar-refractivity contribution is -0.274. The summed E-state index contributed by atoms with van der Waals surface area (Å²) in [4.78, 5) is 18.6. The van der Waals surface area contributed by atoms with Crippen molar-refractivity contribution in [3.05, 3.63) is 57.2 Å². The topological polar surface area (TPSA) is 70.6 Å². The molecule has 1 aliphatic rings. The molecule has 2 aromatic heterocycles. The third-order valence-corrected chi connectivity index (χ3v) is 6.71. The molecule has 1 amide bonds. The number of hydrogen-bond acceptors (Lipinski definition) is 8. The second-order valence-corrected chi connectivity index (χ2v) is 9.07. The maximum absolute atomic E-state index is 12.6. The molecule has 170 valence electrons. The van der Waals surface area contributed by atoms with Crippen molar-refractivity contribution < 1.29 is 22.7 Å². The molecule has 32 heavy (non-hydrogen) atoms. The van der Waals surface area contributed by atoms with Crippen molar-refractivity contribution in [1.82, 2.24) is 20.4 Å². The summed E-state index contributed by atoms with van der Waals surface area (Å²) in [5, 5.41) is 11.6. The van der Waals surface area contributed by atoms with E-state index < -0.39 is 6.36 Å². The van der Waals surface area contributed by atoms with Gasteiger partial charge in [-0.2, -0.15) is 0 Å². The van der Waals surface area contributed by atoms with Crippen molar-refractivity contribution in [2.24, 2.45) is 0 Å².